The zero-order valence-corrected chi connectivity index (χ0v) is 55.7. The fourth-order valence-electron chi connectivity index (χ4n) is 3.91. The molecule has 0 saturated carbocycles. The van der Waals surface area contributed by atoms with Crippen molar-refractivity contribution < 1.29 is 88.6 Å². The maximum atomic E-state index is 10.6. The predicted octanol–water partition coefficient (Wildman–Crippen LogP) is 2.73. The van der Waals surface area contributed by atoms with E-state index in [-0.39, 0.29) is 66.0 Å². The van der Waals surface area contributed by atoms with Crippen molar-refractivity contribution in [2.24, 2.45) is 16.6 Å². The molecule has 0 spiro atoms. The van der Waals surface area contributed by atoms with E-state index in [0.717, 1.165) is 51.1 Å². The lowest BCUT2D eigenvalue weighted by molar-refractivity contribution is -0.136. The number of ketones is 2. The van der Waals surface area contributed by atoms with Crippen molar-refractivity contribution in [2.45, 2.75) is 147 Å². The van der Waals surface area contributed by atoms with Crippen LogP contribution in [-0.2, 0) is 64.0 Å². The maximum Gasteiger partial charge on any atom is 0.327 e. The van der Waals surface area contributed by atoms with Crippen molar-refractivity contribution in [1.82, 2.24) is 46.0 Å². The summed E-state index contributed by atoms with van der Waals surface area (Å²) < 4.78 is 81.1. The Balaban J connectivity index is -0.000000100. The number of nitrogens with zero attached hydrogens (tertiary/aromatic N) is 7. The highest BCUT2D eigenvalue weighted by Crippen LogP contribution is 2.40. The van der Waals surface area contributed by atoms with Crippen LogP contribution >= 0.6 is 22.7 Å². The van der Waals surface area contributed by atoms with E-state index in [9.17, 15) is 54.8 Å². The van der Waals surface area contributed by atoms with E-state index in [1.165, 1.54) is 39.9 Å². The summed E-state index contributed by atoms with van der Waals surface area (Å²) in [5.74, 6) is 0.598. The van der Waals surface area contributed by atoms with Crippen LogP contribution in [0.2, 0.25) is 0 Å². The standard InChI is InChI=1S/C7H15NO.C6H11NO.C5H11NO.C5H13N.C4H6N2O.C4H11O3P.C3H6N4.C3H6O2.C2H8NO2P.C2H7NO2S.C2H7O3P.C2H6O3S/c1-6-3-4-8(2)5-7(6)9;1-5(8)6-3-2-4-7-6;1-5(7)4-6(2)3;1-4-5-6(2)3;1-2-4(7)6-3-5;1-3-7-8(5,6)4-2;1-2-3-4-6-7-5-3;1-2-3(4)5;4*1-2-6(3,4)5/h6-7,9H,3-5H2,1-2H3;6-7H,2-4H2,1H3;4H2,1-3H3;4-5H2,1-3H3;2H2,1H3,(H,6,7);3-4H2,1-2H3,(H,5,6);2H2,1H3,(H,4,5,6,7);2H2,1H3,(H,4,5);2H2,1H3,(H3,3,4,5);2*2H2,1H3,(H2,3,4,5);2H2,1H3,(H,3,4,5). The van der Waals surface area contributed by atoms with Crippen molar-refractivity contribution in [3.05, 3.63) is 5.82 Å². The Morgan fingerprint density at radius 3 is 1.44 bits per heavy atom. The Morgan fingerprint density at radius 1 is 0.864 bits per heavy atom. The maximum absolute atomic E-state index is 10.6. The number of aliphatic hydroxyl groups excluding tert-OH is 1. The molecule has 36 heteroatoms. The zero-order valence-electron chi connectivity index (χ0n) is 51.4. The number of β-amino-alcohol motifs (C(OH)–C–C–N with tert-alkyl or cyclic N) is 1. The number of tetrazole rings is 1. The van der Waals surface area contributed by atoms with Gasteiger partial charge in [-0.3, -0.25) is 48.2 Å². The van der Waals surface area contributed by atoms with Gasteiger partial charge in [-0.05, 0) is 121 Å². The first-order chi connectivity index (χ1) is 36.8. The van der Waals surface area contributed by atoms with Crippen molar-refractivity contribution in [1.29, 1.82) is 5.26 Å². The molecule has 1 aromatic rings. The minimum absolute atomic E-state index is 0.0208. The molecule has 1 aromatic heterocycles. The molecule has 2 saturated heterocycles. The number of nitrogens with two attached hydrogens (primary N) is 2. The number of likely N-dealkylation sites (tertiary alicyclic amines) is 1. The number of aromatic nitrogens is 4. The number of aliphatic hydroxyl groups is 1. The summed E-state index contributed by atoms with van der Waals surface area (Å²) >= 11 is 0. The molecule has 81 heavy (non-hydrogen) atoms. The molecule has 2 fully saturated rings. The molecule has 2 aliphatic heterocycles. The molecule has 2 aliphatic rings. The number of carbonyl (C=O) groups excluding carboxylic acids is 3. The van der Waals surface area contributed by atoms with Gasteiger partial charge in [0.05, 0.1) is 36.8 Å². The number of carboxylic acids is 1. The summed E-state index contributed by atoms with van der Waals surface area (Å²) in [6, 6.07) is 0.176. The highest BCUT2D eigenvalue weighted by molar-refractivity contribution is 7.89. The van der Waals surface area contributed by atoms with Crippen LogP contribution in [0.3, 0.4) is 0 Å². The fraction of sp³-hybridized carbons (Fsp3) is 0.867. The molecule has 0 radical (unpaired) electrons. The molecule has 5 atom stereocenters. The lowest BCUT2D eigenvalue weighted by Gasteiger charge is -2.31. The van der Waals surface area contributed by atoms with E-state index < -0.39 is 48.8 Å². The minimum Gasteiger partial charge on any atom is -0.481 e. The van der Waals surface area contributed by atoms with Crippen molar-refractivity contribution >= 4 is 66.3 Å². The van der Waals surface area contributed by atoms with Gasteiger partial charge in [-0.2, -0.15) is 18.9 Å². The van der Waals surface area contributed by atoms with Gasteiger partial charge in [0.2, 0.25) is 15.9 Å². The molecule has 3 rings (SSSR count). The number of aryl methyl sites for hydroxylation is 1. The number of sulfonamides is 1. The third kappa shape index (κ3) is 109. The highest BCUT2D eigenvalue weighted by atomic mass is 32.2. The summed E-state index contributed by atoms with van der Waals surface area (Å²) in [4.78, 5) is 79.1. The van der Waals surface area contributed by atoms with Gasteiger partial charge in [0.15, 0.2) is 12.0 Å². The number of aliphatic carboxylic acids is 1. The first-order valence-electron chi connectivity index (χ1n) is 25.9. The molecular weight excluding hydrogens is 1170 g/mol. The second-order valence-electron chi connectivity index (χ2n) is 17.3. The topological polar surface area (TPSA) is 503 Å². The van der Waals surface area contributed by atoms with Crippen molar-refractivity contribution in [3.8, 4) is 6.19 Å². The highest BCUT2D eigenvalue weighted by Gasteiger charge is 2.21. The number of hydrogen-bond donors (Lipinski definition) is 12. The summed E-state index contributed by atoms with van der Waals surface area (Å²) in [5, 5.41) is 47.5. The van der Waals surface area contributed by atoms with Gasteiger partial charge in [-0.15, -0.1) is 10.2 Å². The number of aromatic amines is 1. The number of primary sulfonamides is 1. The first kappa shape index (κ1) is 97.0. The average molecular weight is 1280 g/mol. The lowest BCUT2D eigenvalue weighted by Crippen LogP contribution is -2.40. The van der Waals surface area contributed by atoms with Crippen LogP contribution in [0.25, 0.3) is 0 Å². The van der Waals surface area contributed by atoms with E-state index in [4.69, 9.17) is 34.5 Å². The molecule has 0 aromatic carbocycles. The van der Waals surface area contributed by atoms with Crippen LogP contribution in [0.5, 0.6) is 0 Å². The Hall–Kier alpha value is -3.09. The van der Waals surface area contributed by atoms with Crippen molar-refractivity contribution in [3.63, 3.8) is 0 Å². The van der Waals surface area contributed by atoms with Crippen LogP contribution in [0.15, 0.2) is 0 Å². The molecule has 3 heterocycles. The number of Topliss-reactive ketones (excluding diaryl/α,β-unsaturated/α-hetero) is 2. The summed E-state index contributed by atoms with van der Waals surface area (Å²) in [7, 11) is -6.81. The molecular formula is C45H107N12O19P3S2. The average Bonchev–Trinajstić information content (AvgIpc) is 4.10. The molecule has 0 bridgehead atoms. The summed E-state index contributed by atoms with van der Waals surface area (Å²) in [6.45, 7) is 27.0. The number of piperidine rings is 1. The van der Waals surface area contributed by atoms with Crippen LogP contribution in [-0.4, -0.2) is 227 Å². The largest absolute Gasteiger partial charge is 0.481 e. The van der Waals surface area contributed by atoms with E-state index >= 15 is 0 Å². The van der Waals surface area contributed by atoms with Gasteiger partial charge in [0.25, 0.3) is 17.6 Å². The normalized spacial score (nSPS) is 16.4. The van der Waals surface area contributed by atoms with Crippen LogP contribution < -0.4 is 21.3 Å². The first-order valence-corrected chi connectivity index (χ1v) is 34.7. The van der Waals surface area contributed by atoms with Gasteiger partial charge in [-0.25, -0.2) is 13.6 Å². The number of rotatable bonds is 15. The summed E-state index contributed by atoms with van der Waals surface area (Å²) in [6.07, 6.45) is 7.74. The van der Waals surface area contributed by atoms with E-state index in [0.29, 0.717) is 25.5 Å². The fourth-order valence-corrected chi connectivity index (χ4v) is 4.49. The van der Waals surface area contributed by atoms with E-state index in [2.05, 4.69) is 85.9 Å². The number of amides is 1. The lowest BCUT2D eigenvalue weighted by atomic mass is 9.97. The number of carboxylic acid groups (broad SMARTS) is 1. The van der Waals surface area contributed by atoms with Crippen LogP contribution in [0, 0.1) is 17.4 Å². The van der Waals surface area contributed by atoms with Gasteiger partial charge >= 0.3 is 21.2 Å². The predicted molar refractivity (Wildman–Crippen MR) is 317 cm³/mol. The van der Waals surface area contributed by atoms with Crippen LogP contribution in [0.1, 0.15) is 134 Å². The molecule has 1 amide bonds. The number of nitrogens with one attached hydrogen (secondary N) is 3. The summed E-state index contributed by atoms with van der Waals surface area (Å²) in [5.41, 5.74) is 4.65. The smallest absolute Gasteiger partial charge is 0.327 e. The molecule has 5 unspecified atom stereocenters. The van der Waals surface area contributed by atoms with Gasteiger partial charge in [0.1, 0.15) is 11.6 Å². The molecule has 14 N–H and O–H groups in total. The number of nitriles is 1. The van der Waals surface area contributed by atoms with Crippen molar-refractivity contribution in [2.75, 3.05) is 105 Å². The number of likely N-dealkylation sites (N-methyl/N-ethyl adjacent to an activating group) is 2. The van der Waals surface area contributed by atoms with Crippen LogP contribution in [0.4, 0.5) is 0 Å². The van der Waals surface area contributed by atoms with Gasteiger partial charge in [-0.1, -0.05) is 60.6 Å². The second-order valence-corrected chi connectivity index (χ2v) is 27.2. The van der Waals surface area contributed by atoms with E-state index in [1.807, 2.05) is 31.2 Å². The Bertz CT molecular complexity index is 2020. The Labute approximate surface area is 484 Å². The number of carbonyl (C=O) groups is 4. The monoisotopic (exact) mass is 1280 g/mol. The SMILES string of the molecule is CC(=O)C1CCCN1.CC(=O)CN(C)C.CC1CCN(C)CC1O.CCC(=O)NC#N.CCC(=O)O.CCCN(C)C.CCOP(=O)(O)CC.CCP(=O)(O)O.CCP(N)(=O)O.CCS(=O)(=O)O.CCS(N)(=O)=O.CCc1nn[nH]n1. The Kier molecular flexibility index (Phi) is 71.9. The molecule has 0 aliphatic carbocycles. The van der Waals surface area contributed by atoms with E-state index in [1.54, 1.807) is 48.5 Å². The quantitative estimate of drug-likeness (QED) is 0.0520. The molecule has 31 nitrogen and oxygen atoms in total. The van der Waals surface area contributed by atoms with Gasteiger partial charge < -0.3 is 54.3 Å². The number of hydrogen-bond acceptors (Lipinski definition) is 21. The minimum atomic E-state index is -3.66. The van der Waals surface area contributed by atoms with Gasteiger partial charge in [0, 0.05) is 44.3 Å². The third-order valence-corrected chi connectivity index (χ3v) is 13.5. The molecule has 488 valence electrons. The second kappa shape index (κ2) is 60.0. The Morgan fingerprint density at radius 2 is 1.32 bits per heavy atom. The zero-order chi connectivity index (χ0) is 66.2. The third-order valence-electron chi connectivity index (χ3n) is 8.77. The number of H-pyrrole nitrogens is 1.